The predicted molar refractivity (Wildman–Crippen MR) is 76.9 cm³/mol. The van der Waals surface area contributed by atoms with Crippen LogP contribution in [0.1, 0.15) is 0 Å². The highest BCUT2D eigenvalue weighted by atomic mass is 35.5. The fourth-order valence-electron chi connectivity index (χ4n) is 1.45. The maximum atomic E-state index is 5.89. The van der Waals surface area contributed by atoms with E-state index in [9.17, 15) is 0 Å². The first-order valence-electron chi connectivity index (χ1n) is 5.59. The lowest BCUT2D eigenvalue weighted by Gasteiger charge is -2.04. The molecule has 0 aromatic carbocycles. The first-order chi connectivity index (χ1) is 10.1. The first-order valence-corrected chi connectivity index (χ1v) is 6.79. The van der Waals surface area contributed by atoms with Gasteiger partial charge in [0, 0.05) is 18.5 Å². The van der Waals surface area contributed by atoms with E-state index in [2.05, 4.69) is 30.0 Å². The molecule has 9 nitrogen and oxygen atoms in total. The summed E-state index contributed by atoms with van der Waals surface area (Å²) in [5.74, 6) is 0.814. The third-order valence-corrected chi connectivity index (χ3v) is 3.11. The van der Waals surface area contributed by atoms with Gasteiger partial charge in [-0.15, -0.1) is 0 Å². The molecular weight excluding hydrogens is 314 g/mol. The van der Waals surface area contributed by atoms with E-state index in [4.69, 9.17) is 23.1 Å². The molecule has 0 saturated carbocycles. The van der Waals surface area contributed by atoms with Gasteiger partial charge in [-0.3, -0.25) is 0 Å². The summed E-state index contributed by atoms with van der Waals surface area (Å²) in [6, 6.07) is 3.20. The largest absolute Gasteiger partial charge is 0.383 e. The fraction of sp³-hybridized carbons (Fsp3) is 0. The van der Waals surface area contributed by atoms with Gasteiger partial charge in [0.2, 0.25) is 10.4 Å². The van der Waals surface area contributed by atoms with Gasteiger partial charge >= 0.3 is 0 Å². The molecule has 0 atom stereocenters. The summed E-state index contributed by atoms with van der Waals surface area (Å²) in [4.78, 5) is 20.3. The van der Waals surface area contributed by atoms with Gasteiger partial charge in [-0.1, -0.05) is 0 Å². The Morgan fingerprint density at radius 1 is 1.00 bits per heavy atom. The number of hydrogen-bond donors (Lipinski definition) is 2. The van der Waals surface area contributed by atoms with E-state index in [1.165, 1.54) is 10.7 Å². The maximum absolute atomic E-state index is 5.89. The number of nitrogens with two attached hydrogens (primary N) is 2. The van der Waals surface area contributed by atoms with Crippen molar-refractivity contribution >= 4 is 35.0 Å². The van der Waals surface area contributed by atoms with Gasteiger partial charge in [0.1, 0.15) is 11.6 Å². The number of nitrogens with zero attached hydrogens (tertiary/aromatic N) is 7. The molecule has 3 rings (SSSR count). The molecule has 0 fully saturated rings. The standard InChI is InChI=1S/C10H8ClN9S/c11-7-17-8(20-3-1-2-14-20)19-10(18-7)21-9-15-5(12)4-6(13)16-9/h1-4H,(H4,12,13,15,16). The number of hydrogen-bond acceptors (Lipinski definition) is 9. The molecule has 0 aliphatic carbocycles. The van der Waals surface area contributed by atoms with Crippen LogP contribution in [-0.4, -0.2) is 34.7 Å². The molecule has 4 N–H and O–H groups in total. The molecule has 0 aliphatic rings. The van der Waals surface area contributed by atoms with Gasteiger partial charge in [0.05, 0.1) is 0 Å². The number of anilines is 2. The summed E-state index contributed by atoms with van der Waals surface area (Å²) in [6.45, 7) is 0. The molecule has 0 bridgehead atoms. The van der Waals surface area contributed by atoms with Crippen molar-refractivity contribution in [2.24, 2.45) is 0 Å². The van der Waals surface area contributed by atoms with Crippen LogP contribution >= 0.6 is 23.4 Å². The molecule has 0 amide bonds. The summed E-state index contributed by atoms with van der Waals surface area (Å²) in [5, 5.41) is 4.70. The highest BCUT2D eigenvalue weighted by Crippen LogP contribution is 2.24. The van der Waals surface area contributed by atoms with E-state index >= 15 is 0 Å². The van der Waals surface area contributed by atoms with Crippen LogP contribution in [0.25, 0.3) is 5.95 Å². The van der Waals surface area contributed by atoms with Gasteiger partial charge in [0.25, 0.3) is 5.95 Å². The molecule has 3 aromatic heterocycles. The van der Waals surface area contributed by atoms with Gasteiger partial charge < -0.3 is 11.5 Å². The summed E-state index contributed by atoms with van der Waals surface area (Å²) in [5.41, 5.74) is 11.2. The zero-order valence-electron chi connectivity index (χ0n) is 10.4. The Kier molecular flexibility index (Phi) is 3.54. The third-order valence-electron chi connectivity index (χ3n) is 2.21. The van der Waals surface area contributed by atoms with E-state index in [0.717, 1.165) is 11.8 Å². The zero-order chi connectivity index (χ0) is 14.8. The van der Waals surface area contributed by atoms with Gasteiger partial charge in [-0.25, -0.2) is 14.6 Å². The third kappa shape index (κ3) is 3.17. The molecule has 3 aromatic rings. The van der Waals surface area contributed by atoms with Crippen molar-refractivity contribution in [2.45, 2.75) is 10.3 Å². The van der Waals surface area contributed by atoms with Crippen LogP contribution in [0.5, 0.6) is 0 Å². The molecule has 0 spiro atoms. The molecule has 21 heavy (non-hydrogen) atoms. The molecule has 11 heteroatoms. The Labute approximate surface area is 127 Å². The molecule has 0 aliphatic heterocycles. The molecule has 0 radical (unpaired) electrons. The van der Waals surface area contributed by atoms with Crippen molar-refractivity contribution in [2.75, 3.05) is 11.5 Å². The summed E-state index contributed by atoms with van der Waals surface area (Å²) in [7, 11) is 0. The number of aromatic nitrogens is 7. The van der Waals surface area contributed by atoms with E-state index < -0.39 is 0 Å². The Hall–Kier alpha value is -2.46. The highest BCUT2D eigenvalue weighted by molar-refractivity contribution is 7.99. The van der Waals surface area contributed by atoms with Crippen LogP contribution in [0.2, 0.25) is 5.28 Å². The highest BCUT2D eigenvalue weighted by Gasteiger charge is 2.11. The quantitative estimate of drug-likeness (QED) is 0.672. The fourth-order valence-corrected chi connectivity index (χ4v) is 2.38. The lowest BCUT2D eigenvalue weighted by Crippen LogP contribution is -2.05. The zero-order valence-corrected chi connectivity index (χ0v) is 12.0. The second-order valence-corrected chi connectivity index (χ2v) is 5.01. The molecule has 106 valence electrons. The minimum Gasteiger partial charge on any atom is -0.383 e. The minimum atomic E-state index is 0.0369. The Balaban J connectivity index is 1.95. The van der Waals surface area contributed by atoms with Crippen LogP contribution in [-0.2, 0) is 0 Å². The van der Waals surface area contributed by atoms with Gasteiger partial charge in [-0.05, 0) is 29.4 Å². The summed E-state index contributed by atoms with van der Waals surface area (Å²) < 4.78 is 1.46. The van der Waals surface area contributed by atoms with Crippen LogP contribution in [0.3, 0.4) is 0 Å². The van der Waals surface area contributed by atoms with Crippen molar-refractivity contribution in [3.63, 3.8) is 0 Å². The van der Waals surface area contributed by atoms with Crippen LogP contribution < -0.4 is 11.5 Å². The average molecular weight is 322 g/mol. The van der Waals surface area contributed by atoms with Crippen molar-refractivity contribution < 1.29 is 0 Å². The van der Waals surface area contributed by atoms with Crippen molar-refractivity contribution in [3.05, 3.63) is 29.8 Å². The molecule has 0 saturated heterocycles. The van der Waals surface area contributed by atoms with Crippen molar-refractivity contribution in [1.29, 1.82) is 0 Å². The Morgan fingerprint density at radius 3 is 2.38 bits per heavy atom. The molecule has 3 heterocycles. The monoisotopic (exact) mass is 321 g/mol. The normalized spacial score (nSPS) is 10.7. The number of nitrogen functional groups attached to an aromatic ring is 2. The summed E-state index contributed by atoms with van der Waals surface area (Å²) in [6.07, 6.45) is 3.29. The smallest absolute Gasteiger partial charge is 0.255 e. The van der Waals surface area contributed by atoms with E-state index in [1.807, 2.05) is 0 Å². The number of rotatable bonds is 3. The van der Waals surface area contributed by atoms with Gasteiger partial charge in [-0.2, -0.15) is 20.1 Å². The average Bonchev–Trinajstić information content (AvgIpc) is 2.90. The van der Waals surface area contributed by atoms with Gasteiger partial charge in [0.15, 0.2) is 5.16 Å². The molecular formula is C10H8ClN9S. The van der Waals surface area contributed by atoms with Crippen LogP contribution in [0.4, 0.5) is 11.6 Å². The topological polar surface area (TPSA) is 134 Å². The van der Waals surface area contributed by atoms with E-state index in [-0.39, 0.29) is 16.9 Å². The second-order valence-electron chi connectivity index (χ2n) is 3.74. The Bertz CT molecular complexity index is 756. The van der Waals surface area contributed by atoms with E-state index in [0.29, 0.717) is 16.3 Å². The second kappa shape index (κ2) is 5.50. The Morgan fingerprint density at radius 2 is 1.71 bits per heavy atom. The minimum absolute atomic E-state index is 0.0369. The molecule has 0 unspecified atom stereocenters. The van der Waals surface area contributed by atoms with Crippen LogP contribution in [0, 0.1) is 0 Å². The van der Waals surface area contributed by atoms with Crippen molar-refractivity contribution in [1.82, 2.24) is 34.7 Å². The van der Waals surface area contributed by atoms with Crippen molar-refractivity contribution in [3.8, 4) is 5.95 Å². The van der Waals surface area contributed by atoms with E-state index in [1.54, 1.807) is 18.5 Å². The predicted octanol–water partition coefficient (Wildman–Crippen LogP) is 0.816. The first kappa shape index (κ1) is 13.5. The maximum Gasteiger partial charge on any atom is 0.255 e. The lowest BCUT2D eigenvalue weighted by molar-refractivity contribution is 0.757. The summed E-state index contributed by atoms with van der Waals surface area (Å²) >= 11 is 6.96. The van der Waals surface area contributed by atoms with Crippen LogP contribution in [0.15, 0.2) is 34.8 Å². The lowest BCUT2D eigenvalue weighted by atomic mass is 10.5. The SMILES string of the molecule is Nc1cc(N)nc(Sc2nc(Cl)nc(-n3cccn3)n2)n1. The number of halogens is 1.